The van der Waals surface area contributed by atoms with Crippen molar-refractivity contribution in [1.82, 2.24) is 0 Å². The van der Waals surface area contributed by atoms with Gasteiger partial charge in [-0.1, -0.05) is 13.8 Å². The summed E-state index contributed by atoms with van der Waals surface area (Å²) < 4.78 is 0. The summed E-state index contributed by atoms with van der Waals surface area (Å²) in [6.45, 7) is 5.72. The lowest BCUT2D eigenvalue weighted by molar-refractivity contribution is 0.104. The summed E-state index contributed by atoms with van der Waals surface area (Å²) in [5.74, 6) is 0.273. The zero-order valence-electron chi connectivity index (χ0n) is 5.76. The Morgan fingerprint density at radius 1 is 1.25 bits per heavy atom. The van der Waals surface area contributed by atoms with Crippen LogP contribution in [0.3, 0.4) is 0 Å². The van der Waals surface area contributed by atoms with Gasteiger partial charge in [0, 0.05) is 6.04 Å². The second-order valence-electron chi connectivity index (χ2n) is 2.59. The summed E-state index contributed by atoms with van der Waals surface area (Å²) >= 11 is 0. The van der Waals surface area contributed by atoms with Crippen molar-refractivity contribution < 1.29 is 5.11 Å². The molecule has 2 nitrogen and oxygen atoms in total. The second kappa shape index (κ2) is 3.05. The van der Waals surface area contributed by atoms with Crippen molar-refractivity contribution in [2.45, 2.75) is 32.9 Å². The molecule has 0 amide bonds. The highest BCUT2D eigenvalue weighted by Gasteiger charge is 2.12. The minimum Gasteiger partial charge on any atom is -0.391 e. The number of nitrogens with two attached hydrogens (primary N) is 1. The van der Waals surface area contributed by atoms with Gasteiger partial charge in [-0.25, -0.2) is 0 Å². The van der Waals surface area contributed by atoms with Gasteiger partial charge in [0.05, 0.1) is 6.10 Å². The number of hydrogen-bond acceptors (Lipinski definition) is 2. The van der Waals surface area contributed by atoms with Crippen LogP contribution in [0, 0.1) is 5.92 Å². The van der Waals surface area contributed by atoms with E-state index in [0.29, 0.717) is 0 Å². The van der Waals surface area contributed by atoms with Gasteiger partial charge in [0.2, 0.25) is 0 Å². The summed E-state index contributed by atoms with van der Waals surface area (Å²) in [6, 6.07) is -0.102. The fraction of sp³-hybridized carbons (Fsp3) is 1.00. The molecule has 0 aliphatic rings. The molecule has 0 aromatic rings. The van der Waals surface area contributed by atoms with E-state index in [1.807, 2.05) is 20.8 Å². The van der Waals surface area contributed by atoms with Crippen LogP contribution < -0.4 is 5.73 Å². The molecule has 0 aliphatic carbocycles. The quantitative estimate of drug-likeness (QED) is 0.548. The lowest BCUT2D eigenvalue weighted by Crippen LogP contribution is -2.35. The Hall–Kier alpha value is -0.0800. The van der Waals surface area contributed by atoms with Crippen LogP contribution in [0.15, 0.2) is 0 Å². The Morgan fingerprint density at radius 3 is 1.62 bits per heavy atom. The highest BCUT2D eigenvalue weighted by Crippen LogP contribution is 2.02. The molecule has 2 atom stereocenters. The van der Waals surface area contributed by atoms with E-state index >= 15 is 0 Å². The lowest BCUT2D eigenvalue weighted by atomic mass is 10.0. The smallest absolute Gasteiger partial charge is 0.0711 e. The van der Waals surface area contributed by atoms with Crippen molar-refractivity contribution in [3.05, 3.63) is 0 Å². The molecule has 0 fully saturated rings. The Labute approximate surface area is 50.7 Å². The third kappa shape index (κ3) is 2.28. The van der Waals surface area contributed by atoms with Crippen molar-refractivity contribution in [3.63, 3.8) is 0 Å². The summed E-state index contributed by atoms with van der Waals surface area (Å²) in [5, 5.41) is 9.08. The predicted octanol–water partition coefficient (Wildman–Crippen LogP) is 0.350. The van der Waals surface area contributed by atoms with Crippen molar-refractivity contribution >= 4 is 0 Å². The van der Waals surface area contributed by atoms with Crippen LogP contribution in [0.25, 0.3) is 0 Å². The lowest BCUT2D eigenvalue weighted by Gasteiger charge is -2.17. The zero-order valence-corrected chi connectivity index (χ0v) is 5.76. The average molecular weight is 117 g/mol. The fourth-order valence-electron chi connectivity index (χ4n) is 0.607. The number of aliphatic hydroxyl groups is 1. The maximum absolute atomic E-state index is 9.08. The van der Waals surface area contributed by atoms with Crippen molar-refractivity contribution in [3.8, 4) is 0 Å². The third-order valence-corrected chi connectivity index (χ3v) is 1.22. The predicted molar refractivity (Wildman–Crippen MR) is 34.5 cm³/mol. The van der Waals surface area contributed by atoms with Crippen molar-refractivity contribution in [1.29, 1.82) is 0 Å². The number of aliphatic hydroxyl groups excluding tert-OH is 1. The van der Waals surface area contributed by atoms with E-state index in [4.69, 9.17) is 10.8 Å². The van der Waals surface area contributed by atoms with Gasteiger partial charge in [-0.15, -0.1) is 0 Å². The minimum atomic E-state index is -0.352. The number of rotatable bonds is 2. The van der Waals surface area contributed by atoms with Gasteiger partial charge in [-0.2, -0.15) is 0 Å². The first-order valence-corrected chi connectivity index (χ1v) is 2.99. The molecule has 0 radical (unpaired) electrons. The molecule has 0 heterocycles. The largest absolute Gasteiger partial charge is 0.391 e. The average Bonchev–Trinajstić information content (AvgIpc) is 1.64. The van der Waals surface area contributed by atoms with Crippen LogP contribution in [0.5, 0.6) is 0 Å². The Morgan fingerprint density at radius 2 is 1.62 bits per heavy atom. The maximum atomic E-state index is 9.08. The summed E-state index contributed by atoms with van der Waals surface area (Å²) in [6.07, 6.45) is -0.352. The minimum absolute atomic E-state index is 0.102. The van der Waals surface area contributed by atoms with Gasteiger partial charge >= 0.3 is 0 Å². The normalized spacial score (nSPS) is 18.8. The molecule has 8 heavy (non-hydrogen) atoms. The SMILES string of the molecule is CC(C)C(O)C(C)N. The first kappa shape index (κ1) is 7.92. The maximum Gasteiger partial charge on any atom is 0.0711 e. The molecule has 2 unspecified atom stereocenters. The molecule has 2 heteroatoms. The van der Waals surface area contributed by atoms with Crippen LogP contribution in [-0.2, 0) is 0 Å². The van der Waals surface area contributed by atoms with Gasteiger partial charge in [0.1, 0.15) is 0 Å². The summed E-state index contributed by atoms with van der Waals surface area (Å²) in [7, 11) is 0. The molecule has 0 bridgehead atoms. The van der Waals surface area contributed by atoms with Crippen LogP contribution in [0.4, 0.5) is 0 Å². The second-order valence-corrected chi connectivity index (χ2v) is 2.59. The van der Waals surface area contributed by atoms with Crippen LogP contribution in [0.1, 0.15) is 20.8 Å². The van der Waals surface area contributed by atoms with E-state index < -0.39 is 0 Å². The molecular weight excluding hydrogens is 102 g/mol. The van der Waals surface area contributed by atoms with E-state index in [-0.39, 0.29) is 18.1 Å². The molecular formula is C6H15NO. The van der Waals surface area contributed by atoms with Crippen molar-refractivity contribution in [2.24, 2.45) is 11.7 Å². The molecule has 0 aromatic heterocycles. The molecule has 0 aromatic carbocycles. The highest BCUT2D eigenvalue weighted by molar-refractivity contribution is 4.68. The van der Waals surface area contributed by atoms with Gasteiger partial charge < -0.3 is 10.8 Å². The molecule has 0 aliphatic heterocycles. The highest BCUT2D eigenvalue weighted by atomic mass is 16.3. The van der Waals surface area contributed by atoms with E-state index in [9.17, 15) is 0 Å². The summed E-state index contributed by atoms with van der Waals surface area (Å²) in [4.78, 5) is 0. The van der Waals surface area contributed by atoms with Crippen LogP contribution in [-0.4, -0.2) is 17.3 Å². The summed E-state index contributed by atoms with van der Waals surface area (Å²) in [5.41, 5.74) is 5.39. The van der Waals surface area contributed by atoms with Crippen molar-refractivity contribution in [2.75, 3.05) is 0 Å². The van der Waals surface area contributed by atoms with Gasteiger partial charge in [-0.05, 0) is 12.8 Å². The van der Waals surface area contributed by atoms with E-state index in [1.165, 1.54) is 0 Å². The molecule has 3 N–H and O–H groups in total. The topological polar surface area (TPSA) is 46.2 Å². The molecule has 0 saturated carbocycles. The Balaban J connectivity index is 3.46. The zero-order chi connectivity index (χ0) is 6.73. The Bertz CT molecular complexity index is 53.5. The molecule has 0 saturated heterocycles. The van der Waals surface area contributed by atoms with E-state index in [0.717, 1.165) is 0 Å². The fourth-order valence-corrected chi connectivity index (χ4v) is 0.607. The standard InChI is InChI=1S/C6H15NO/c1-4(2)6(8)5(3)7/h4-6,8H,7H2,1-3H3. The first-order chi connectivity index (χ1) is 3.55. The van der Waals surface area contributed by atoms with Gasteiger partial charge in [0.15, 0.2) is 0 Å². The Kier molecular flexibility index (Phi) is 3.02. The molecule has 50 valence electrons. The monoisotopic (exact) mass is 117 g/mol. The van der Waals surface area contributed by atoms with E-state index in [1.54, 1.807) is 0 Å². The third-order valence-electron chi connectivity index (χ3n) is 1.22. The van der Waals surface area contributed by atoms with Crippen LogP contribution in [0.2, 0.25) is 0 Å². The van der Waals surface area contributed by atoms with Gasteiger partial charge in [0.25, 0.3) is 0 Å². The van der Waals surface area contributed by atoms with Crippen LogP contribution >= 0.6 is 0 Å². The number of hydrogen-bond donors (Lipinski definition) is 2. The van der Waals surface area contributed by atoms with E-state index in [2.05, 4.69) is 0 Å². The first-order valence-electron chi connectivity index (χ1n) is 2.99. The van der Waals surface area contributed by atoms with Gasteiger partial charge in [-0.3, -0.25) is 0 Å². The molecule has 0 spiro atoms. The molecule has 0 rings (SSSR count).